The summed E-state index contributed by atoms with van der Waals surface area (Å²) in [6.45, 7) is 1.63. The highest BCUT2D eigenvalue weighted by molar-refractivity contribution is 6.44. The van der Waals surface area contributed by atoms with Gasteiger partial charge in [-0.3, -0.25) is 19.9 Å². The summed E-state index contributed by atoms with van der Waals surface area (Å²) in [5.41, 5.74) is 6.25. The quantitative estimate of drug-likeness (QED) is 0.843. The number of carbonyl (C=O) groups is 2. The van der Waals surface area contributed by atoms with Crippen LogP contribution in [0.1, 0.15) is 12.2 Å². The lowest BCUT2D eigenvalue weighted by molar-refractivity contribution is -0.119. The number of aromatic nitrogens is 2. The molecule has 9 heteroatoms. The number of benzene rings is 1. The minimum Gasteiger partial charge on any atom is -0.368 e. The first-order valence-corrected chi connectivity index (χ1v) is 6.87. The molecule has 118 valence electrons. The molecular formula is C14H14N6O3. The van der Waals surface area contributed by atoms with Gasteiger partial charge in [0.1, 0.15) is 11.8 Å². The topological polar surface area (TPSA) is 127 Å². The van der Waals surface area contributed by atoms with Gasteiger partial charge < -0.3 is 10.3 Å². The van der Waals surface area contributed by atoms with E-state index in [0.717, 1.165) is 0 Å². The molecule has 0 unspecified atom stereocenters. The van der Waals surface area contributed by atoms with Gasteiger partial charge in [0.25, 0.3) is 5.91 Å². The van der Waals surface area contributed by atoms with Gasteiger partial charge >= 0.3 is 6.01 Å². The Hall–Kier alpha value is -3.23. The van der Waals surface area contributed by atoms with Crippen molar-refractivity contribution in [2.75, 3.05) is 10.3 Å². The van der Waals surface area contributed by atoms with Crippen LogP contribution in [0.15, 0.2) is 40.0 Å². The molecule has 0 bridgehead atoms. The van der Waals surface area contributed by atoms with E-state index in [9.17, 15) is 9.59 Å². The molecule has 2 aromatic rings. The number of para-hydroxylation sites is 1. The van der Waals surface area contributed by atoms with Gasteiger partial charge in [0.2, 0.25) is 5.91 Å². The van der Waals surface area contributed by atoms with E-state index < -0.39 is 17.9 Å². The summed E-state index contributed by atoms with van der Waals surface area (Å²) in [6.07, 6.45) is 0.100. The summed E-state index contributed by atoms with van der Waals surface area (Å²) in [6, 6.07) is 8.27. The lowest BCUT2D eigenvalue weighted by Gasteiger charge is -2.20. The van der Waals surface area contributed by atoms with E-state index in [1.807, 2.05) is 18.2 Å². The Kier molecular flexibility index (Phi) is 3.75. The van der Waals surface area contributed by atoms with Crippen LogP contribution in [0, 0.1) is 6.92 Å². The van der Waals surface area contributed by atoms with Crippen LogP contribution in [0.5, 0.6) is 0 Å². The number of aryl methyl sites for hydroxylation is 1. The van der Waals surface area contributed by atoms with E-state index in [1.54, 1.807) is 19.1 Å². The zero-order valence-corrected chi connectivity index (χ0v) is 12.3. The molecule has 3 N–H and O–H groups in total. The Bertz CT molecular complexity index is 770. The maximum absolute atomic E-state index is 12.2. The van der Waals surface area contributed by atoms with Crippen molar-refractivity contribution in [3.63, 3.8) is 0 Å². The number of hydrazone groups is 1. The van der Waals surface area contributed by atoms with Gasteiger partial charge in [-0.15, -0.1) is 0 Å². The van der Waals surface area contributed by atoms with Gasteiger partial charge in [0.05, 0.1) is 5.69 Å². The van der Waals surface area contributed by atoms with Crippen LogP contribution in [0.4, 0.5) is 11.7 Å². The average molecular weight is 314 g/mol. The molecule has 2 amide bonds. The van der Waals surface area contributed by atoms with Crippen LogP contribution in [0.3, 0.4) is 0 Å². The number of nitrogens with one attached hydrogen (secondary N) is 1. The number of hydrogen-bond donors (Lipinski definition) is 2. The molecule has 23 heavy (non-hydrogen) atoms. The first-order valence-electron chi connectivity index (χ1n) is 6.87. The number of nitrogens with two attached hydrogens (primary N) is 1. The van der Waals surface area contributed by atoms with E-state index in [1.165, 1.54) is 5.01 Å². The molecule has 1 aromatic heterocycles. The van der Waals surface area contributed by atoms with Crippen LogP contribution in [0.25, 0.3) is 0 Å². The number of primary amides is 1. The van der Waals surface area contributed by atoms with Gasteiger partial charge in [-0.2, -0.15) is 10.1 Å². The van der Waals surface area contributed by atoms with E-state index in [4.69, 9.17) is 10.3 Å². The van der Waals surface area contributed by atoms with Gasteiger partial charge in [-0.1, -0.05) is 23.4 Å². The van der Waals surface area contributed by atoms with Crippen molar-refractivity contribution in [2.24, 2.45) is 10.8 Å². The third-order valence-corrected chi connectivity index (χ3v) is 3.27. The molecule has 0 saturated carbocycles. The van der Waals surface area contributed by atoms with Crippen LogP contribution in [0.2, 0.25) is 0 Å². The first-order chi connectivity index (χ1) is 11.0. The second-order valence-electron chi connectivity index (χ2n) is 4.95. The summed E-state index contributed by atoms with van der Waals surface area (Å²) >= 11 is 0. The van der Waals surface area contributed by atoms with E-state index in [0.29, 0.717) is 11.5 Å². The molecule has 0 radical (unpaired) electrons. The minimum absolute atomic E-state index is 0.0241. The summed E-state index contributed by atoms with van der Waals surface area (Å²) < 4.78 is 4.83. The summed E-state index contributed by atoms with van der Waals surface area (Å²) in [4.78, 5) is 27.8. The van der Waals surface area contributed by atoms with Gasteiger partial charge in [0.15, 0.2) is 5.82 Å². The van der Waals surface area contributed by atoms with E-state index in [-0.39, 0.29) is 18.1 Å². The van der Waals surface area contributed by atoms with Crippen molar-refractivity contribution in [3.8, 4) is 0 Å². The van der Waals surface area contributed by atoms with Gasteiger partial charge in [-0.25, -0.2) is 0 Å². The Labute approximate surface area is 131 Å². The molecule has 0 aliphatic carbocycles. The standard InChI is InChI=1S/C14H14N6O3/c1-8-16-14(23-19-8)17-13(22)10-7-11(12(15)21)20(18-10)9-5-3-2-4-6-9/h2-6,11H,7H2,1H3,(H2,15,21)(H,16,17,19,22)/t11-/m1/s1. The molecule has 2 heterocycles. The van der Waals surface area contributed by atoms with Crippen molar-refractivity contribution < 1.29 is 14.1 Å². The highest BCUT2D eigenvalue weighted by atomic mass is 16.5. The van der Waals surface area contributed by atoms with Crippen LogP contribution >= 0.6 is 0 Å². The summed E-state index contributed by atoms with van der Waals surface area (Å²) in [5, 5.41) is 11.7. The van der Waals surface area contributed by atoms with Crippen molar-refractivity contribution in [1.29, 1.82) is 0 Å². The second kappa shape index (κ2) is 5.87. The Morgan fingerprint density at radius 3 is 2.70 bits per heavy atom. The molecular weight excluding hydrogens is 300 g/mol. The Morgan fingerprint density at radius 1 is 1.35 bits per heavy atom. The fourth-order valence-corrected chi connectivity index (χ4v) is 2.20. The van der Waals surface area contributed by atoms with Gasteiger partial charge in [-0.05, 0) is 19.1 Å². The number of hydrogen-bond acceptors (Lipinski definition) is 7. The molecule has 0 spiro atoms. The predicted octanol–water partition coefficient (Wildman–Crippen LogP) is 0.437. The maximum atomic E-state index is 12.2. The van der Waals surface area contributed by atoms with Crippen molar-refractivity contribution in [2.45, 2.75) is 19.4 Å². The molecule has 1 aliphatic rings. The SMILES string of the molecule is Cc1noc(NC(=O)C2=NN(c3ccccc3)[C@@H](C(N)=O)C2)n1. The molecule has 9 nitrogen and oxygen atoms in total. The lowest BCUT2D eigenvalue weighted by Crippen LogP contribution is -2.39. The number of nitrogens with zero attached hydrogens (tertiary/aromatic N) is 4. The fourth-order valence-electron chi connectivity index (χ4n) is 2.20. The molecule has 0 fully saturated rings. The predicted molar refractivity (Wildman–Crippen MR) is 81.6 cm³/mol. The zero-order chi connectivity index (χ0) is 16.4. The summed E-state index contributed by atoms with van der Waals surface area (Å²) in [7, 11) is 0. The number of carbonyl (C=O) groups excluding carboxylic acids is 2. The number of rotatable bonds is 4. The van der Waals surface area contributed by atoms with Crippen LogP contribution in [-0.2, 0) is 9.59 Å². The molecule has 1 aliphatic heterocycles. The van der Waals surface area contributed by atoms with E-state index in [2.05, 4.69) is 20.6 Å². The molecule has 0 saturated heterocycles. The number of anilines is 2. The molecule has 1 aromatic carbocycles. The normalized spacial score (nSPS) is 17.0. The largest absolute Gasteiger partial charge is 0.368 e. The second-order valence-corrected chi connectivity index (χ2v) is 4.95. The summed E-state index contributed by atoms with van der Waals surface area (Å²) in [5.74, 6) is -0.679. The highest BCUT2D eigenvalue weighted by Crippen LogP contribution is 2.24. The van der Waals surface area contributed by atoms with Crippen molar-refractivity contribution in [3.05, 3.63) is 36.2 Å². The maximum Gasteiger partial charge on any atom is 0.328 e. The monoisotopic (exact) mass is 314 g/mol. The zero-order valence-electron chi connectivity index (χ0n) is 12.3. The molecule has 3 rings (SSSR count). The van der Waals surface area contributed by atoms with Crippen LogP contribution in [-0.4, -0.2) is 33.7 Å². The lowest BCUT2D eigenvalue weighted by atomic mass is 10.1. The highest BCUT2D eigenvalue weighted by Gasteiger charge is 2.35. The smallest absolute Gasteiger partial charge is 0.328 e. The van der Waals surface area contributed by atoms with Gasteiger partial charge in [0, 0.05) is 6.42 Å². The van der Waals surface area contributed by atoms with Crippen molar-refractivity contribution >= 4 is 29.2 Å². The van der Waals surface area contributed by atoms with Crippen molar-refractivity contribution in [1.82, 2.24) is 10.1 Å². The third kappa shape index (κ3) is 3.03. The van der Waals surface area contributed by atoms with E-state index >= 15 is 0 Å². The Morgan fingerprint density at radius 2 is 2.09 bits per heavy atom. The first kappa shape index (κ1) is 14.7. The third-order valence-electron chi connectivity index (χ3n) is 3.27. The fraction of sp³-hybridized carbons (Fsp3) is 0.214. The minimum atomic E-state index is -0.720. The number of amides is 2. The Balaban J connectivity index is 1.82. The van der Waals surface area contributed by atoms with Crippen LogP contribution < -0.4 is 16.1 Å². The molecule has 1 atom stereocenters. The average Bonchev–Trinajstić information content (AvgIpc) is 3.15.